The molecule has 158 valence electrons. The van der Waals surface area contributed by atoms with E-state index in [0.29, 0.717) is 25.9 Å². The fourth-order valence-corrected chi connectivity index (χ4v) is 3.99. The van der Waals surface area contributed by atoms with Crippen LogP contribution in [0.5, 0.6) is 0 Å². The second-order valence-electron chi connectivity index (χ2n) is 8.16. The summed E-state index contributed by atoms with van der Waals surface area (Å²) in [5.74, 6) is 0.00502. The van der Waals surface area contributed by atoms with Crippen molar-refractivity contribution in [2.75, 3.05) is 20.1 Å². The van der Waals surface area contributed by atoms with Gasteiger partial charge in [-0.2, -0.15) is 0 Å². The number of carbonyl (C=O) groups is 2. The molecule has 1 aliphatic rings. The average Bonchev–Trinajstić information content (AvgIpc) is 2.79. The Balaban J connectivity index is 1.51. The van der Waals surface area contributed by atoms with E-state index in [2.05, 4.69) is 17.1 Å². The molecule has 5 nitrogen and oxygen atoms in total. The van der Waals surface area contributed by atoms with Crippen LogP contribution < -0.4 is 0 Å². The minimum absolute atomic E-state index is 0.00159. The van der Waals surface area contributed by atoms with E-state index in [4.69, 9.17) is 0 Å². The predicted octanol–water partition coefficient (Wildman–Crippen LogP) is 3.51. The van der Waals surface area contributed by atoms with Crippen LogP contribution in [-0.2, 0) is 22.4 Å². The Bertz CT molecular complexity index is 1050. The Morgan fingerprint density at radius 3 is 2.19 bits per heavy atom. The molecule has 0 saturated carbocycles. The number of carbonyl (C=O) groups excluding carboxylic acids is 2. The molecule has 5 heteroatoms. The van der Waals surface area contributed by atoms with Gasteiger partial charge in [-0.1, -0.05) is 54.1 Å². The van der Waals surface area contributed by atoms with Crippen molar-refractivity contribution in [1.29, 1.82) is 0 Å². The Morgan fingerprint density at radius 2 is 1.52 bits per heavy atom. The monoisotopic (exact) mass is 413 g/mol. The maximum Gasteiger partial charge on any atom is 0.245 e. The van der Waals surface area contributed by atoms with Gasteiger partial charge in [-0.25, -0.2) is 0 Å². The number of aromatic nitrogens is 1. The number of nitrogens with zero attached hydrogens (tertiary/aromatic N) is 3. The van der Waals surface area contributed by atoms with Crippen molar-refractivity contribution in [3.8, 4) is 11.1 Å². The fourth-order valence-electron chi connectivity index (χ4n) is 3.99. The lowest BCUT2D eigenvalue weighted by Gasteiger charge is -2.39. The summed E-state index contributed by atoms with van der Waals surface area (Å²) in [4.78, 5) is 33.6. The van der Waals surface area contributed by atoms with Gasteiger partial charge in [0.05, 0.1) is 6.42 Å². The van der Waals surface area contributed by atoms with Crippen molar-refractivity contribution in [2.24, 2.45) is 0 Å². The molecular formula is C26H27N3O2. The third kappa shape index (κ3) is 4.82. The van der Waals surface area contributed by atoms with E-state index in [1.165, 1.54) is 5.56 Å². The number of pyridine rings is 1. The van der Waals surface area contributed by atoms with E-state index in [1.54, 1.807) is 22.2 Å². The molecule has 2 aromatic carbocycles. The average molecular weight is 414 g/mol. The summed E-state index contributed by atoms with van der Waals surface area (Å²) in [6, 6.07) is 19.7. The summed E-state index contributed by atoms with van der Waals surface area (Å²) < 4.78 is 0. The number of likely N-dealkylation sites (N-methyl/N-ethyl adjacent to an activating group) is 1. The highest BCUT2D eigenvalue weighted by Crippen LogP contribution is 2.22. The molecule has 31 heavy (non-hydrogen) atoms. The molecule has 0 bridgehead atoms. The lowest BCUT2D eigenvalue weighted by molar-refractivity contribution is -0.149. The Labute approximate surface area is 183 Å². The number of benzene rings is 2. The van der Waals surface area contributed by atoms with Gasteiger partial charge < -0.3 is 9.80 Å². The summed E-state index contributed by atoms with van der Waals surface area (Å²) in [5.41, 5.74) is 5.39. The molecule has 4 rings (SSSR count). The molecule has 1 aromatic heterocycles. The molecule has 2 amide bonds. The molecule has 0 aliphatic carbocycles. The van der Waals surface area contributed by atoms with Gasteiger partial charge in [0.25, 0.3) is 0 Å². The van der Waals surface area contributed by atoms with Crippen LogP contribution in [0.1, 0.15) is 16.7 Å². The van der Waals surface area contributed by atoms with Crippen LogP contribution in [0, 0.1) is 6.92 Å². The highest BCUT2D eigenvalue weighted by molar-refractivity contribution is 5.89. The van der Waals surface area contributed by atoms with Gasteiger partial charge in [0.1, 0.15) is 6.04 Å². The quantitative estimate of drug-likeness (QED) is 0.643. The number of aryl methyl sites for hydroxylation is 1. The fraction of sp³-hybridized carbons (Fsp3) is 0.269. The second-order valence-corrected chi connectivity index (χ2v) is 8.16. The van der Waals surface area contributed by atoms with Crippen LogP contribution in [0.25, 0.3) is 11.1 Å². The third-order valence-corrected chi connectivity index (χ3v) is 5.91. The molecule has 1 atom stereocenters. The maximum atomic E-state index is 13.1. The Hall–Kier alpha value is -3.47. The minimum atomic E-state index is -0.469. The van der Waals surface area contributed by atoms with Crippen LogP contribution in [-0.4, -0.2) is 52.8 Å². The Kier molecular flexibility index (Phi) is 6.12. The van der Waals surface area contributed by atoms with Crippen molar-refractivity contribution in [1.82, 2.24) is 14.8 Å². The molecule has 1 aliphatic heterocycles. The second kappa shape index (κ2) is 9.13. The molecule has 0 spiro atoms. The van der Waals surface area contributed by atoms with Gasteiger partial charge in [0.15, 0.2) is 0 Å². The molecular weight excluding hydrogens is 386 g/mol. The largest absolute Gasteiger partial charge is 0.342 e. The standard InChI is InChI=1S/C26H27N3O2/c1-19-3-5-21(6-4-19)18-25(30)29-16-15-28(2)26(31)24(29)17-20-7-9-22(10-8-20)23-11-13-27-14-12-23/h3-14,24H,15-18H2,1-2H3. The third-order valence-electron chi connectivity index (χ3n) is 5.91. The van der Waals surface area contributed by atoms with E-state index in [9.17, 15) is 9.59 Å². The maximum absolute atomic E-state index is 13.1. The normalized spacial score (nSPS) is 16.5. The number of amides is 2. The van der Waals surface area contributed by atoms with Crippen LogP contribution in [0.15, 0.2) is 73.1 Å². The molecule has 1 fully saturated rings. The highest BCUT2D eigenvalue weighted by atomic mass is 16.2. The summed E-state index contributed by atoms with van der Waals surface area (Å²) in [5, 5.41) is 0. The smallest absolute Gasteiger partial charge is 0.245 e. The van der Waals surface area contributed by atoms with Crippen LogP contribution in [0.2, 0.25) is 0 Å². The van der Waals surface area contributed by atoms with Crippen molar-refractivity contribution < 1.29 is 9.59 Å². The van der Waals surface area contributed by atoms with Gasteiger partial charge >= 0.3 is 0 Å². The van der Waals surface area contributed by atoms with E-state index >= 15 is 0 Å². The van der Waals surface area contributed by atoms with Crippen molar-refractivity contribution in [3.63, 3.8) is 0 Å². The molecule has 0 radical (unpaired) electrons. The lowest BCUT2D eigenvalue weighted by Crippen LogP contribution is -2.58. The first-order valence-electron chi connectivity index (χ1n) is 10.6. The number of rotatable bonds is 5. The first-order chi connectivity index (χ1) is 15.0. The van der Waals surface area contributed by atoms with E-state index in [0.717, 1.165) is 22.3 Å². The van der Waals surface area contributed by atoms with E-state index in [1.807, 2.05) is 62.5 Å². The molecule has 3 aromatic rings. The highest BCUT2D eigenvalue weighted by Gasteiger charge is 2.35. The van der Waals surface area contributed by atoms with E-state index in [-0.39, 0.29) is 11.8 Å². The summed E-state index contributed by atoms with van der Waals surface area (Å²) in [7, 11) is 1.81. The SMILES string of the molecule is Cc1ccc(CC(=O)N2CCN(C)C(=O)C2Cc2ccc(-c3ccncc3)cc2)cc1. The summed E-state index contributed by atoms with van der Waals surface area (Å²) in [6.07, 6.45) is 4.38. The minimum Gasteiger partial charge on any atom is -0.342 e. The first kappa shape index (κ1) is 20.8. The molecule has 1 saturated heterocycles. The number of hydrogen-bond acceptors (Lipinski definition) is 3. The van der Waals surface area contributed by atoms with Crippen LogP contribution >= 0.6 is 0 Å². The van der Waals surface area contributed by atoms with Crippen LogP contribution in [0.4, 0.5) is 0 Å². The molecule has 2 heterocycles. The molecule has 1 unspecified atom stereocenters. The number of piperazine rings is 1. The van der Waals surface area contributed by atoms with Crippen molar-refractivity contribution >= 4 is 11.8 Å². The predicted molar refractivity (Wildman–Crippen MR) is 121 cm³/mol. The Morgan fingerprint density at radius 1 is 0.903 bits per heavy atom. The lowest BCUT2D eigenvalue weighted by atomic mass is 9.98. The van der Waals surface area contributed by atoms with Gasteiger partial charge in [0.2, 0.25) is 11.8 Å². The van der Waals surface area contributed by atoms with Gasteiger partial charge in [0, 0.05) is 39.0 Å². The van der Waals surface area contributed by atoms with Gasteiger partial charge in [-0.3, -0.25) is 14.6 Å². The topological polar surface area (TPSA) is 53.5 Å². The molecule has 0 N–H and O–H groups in total. The van der Waals surface area contributed by atoms with E-state index < -0.39 is 6.04 Å². The van der Waals surface area contributed by atoms with Gasteiger partial charge in [-0.05, 0) is 41.3 Å². The number of hydrogen-bond donors (Lipinski definition) is 0. The van der Waals surface area contributed by atoms with Gasteiger partial charge in [-0.15, -0.1) is 0 Å². The zero-order chi connectivity index (χ0) is 21.8. The summed E-state index contributed by atoms with van der Waals surface area (Å²) >= 11 is 0. The first-order valence-corrected chi connectivity index (χ1v) is 10.6. The van der Waals surface area contributed by atoms with Crippen LogP contribution in [0.3, 0.4) is 0 Å². The van der Waals surface area contributed by atoms with Crippen molar-refractivity contribution in [2.45, 2.75) is 25.8 Å². The van der Waals surface area contributed by atoms with Crippen molar-refractivity contribution in [3.05, 3.63) is 89.7 Å². The zero-order valence-corrected chi connectivity index (χ0v) is 18.0. The zero-order valence-electron chi connectivity index (χ0n) is 18.0. The summed E-state index contributed by atoms with van der Waals surface area (Å²) in [6.45, 7) is 3.16.